The molecule has 1 N–H and O–H groups in total. The van der Waals surface area contributed by atoms with Crippen LogP contribution in [0.3, 0.4) is 0 Å². The van der Waals surface area contributed by atoms with Gasteiger partial charge in [0.1, 0.15) is 6.26 Å². The minimum atomic E-state index is 0.847. The van der Waals surface area contributed by atoms with E-state index in [4.69, 9.17) is 4.52 Å². The predicted molar refractivity (Wildman–Crippen MR) is 109 cm³/mol. The molecule has 0 amide bonds. The molecule has 0 atom stereocenters. The lowest BCUT2D eigenvalue weighted by molar-refractivity contribution is 0.169. The normalized spacial score (nSPS) is 15.8. The fourth-order valence-electron chi connectivity index (χ4n) is 3.28. The third kappa shape index (κ3) is 5.47. The maximum atomic E-state index is 4.91. The molecule has 0 spiro atoms. The molecule has 1 fully saturated rings. The van der Waals surface area contributed by atoms with E-state index in [0.717, 1.165) is 57.3 Å². The molecule has 2 heterocycles. The molecule has 7 nitrogen and oxygen atoms in total. The second kappa shape index (κ2) is 9.41. The molecule has 27 heavy (non-hydrogen) atoms. The Morgan fingerprint density at radius 2 is 1.89 bits per heavy atom. The minimum absolute atomic E-state index is 0.847. The maximum Gasteiger partial charge on any atom is 0.193 e. The van der Waals surface area contributed by atoms with Crippen LogP contribution in [0.5, 0.6) is 0 Å². The molecule has 0 saturated carbocycles. The number of aromatic nitrogens is 1. The van der Waals surface area contributed by atoms with Crippen molar-refractivity contribution in [2.75, 3.05) is 58.8 Å². The van der Waals surface area contributed by atoms with Gasteiger partial charge in [0.05, 0.1) is 5.69 Å². The van der Waals surface area contributed by atoms with Crippen LogP contribution in [-0.2, 0) is 13.0 Å². The summed E-state index contributed by atoms with van der Waals surface area (Å²) in [6.45, 7) is 5.66. The molecule has 1 aliphatic heterocycles. The lowest BCUT2D eigenvalue weighted by Crippen LogP contribution is -2.52. The molecule has 2 aromatic rings. The average Bonchev–Trinajstić information content (AvgIpc) is 3.19. The highest BCUT2D eigenvalue weighted by molar-refractivity contribution is 5.80. The molecule has 0 bridgehead atoms. The predicted octanol–water partition coefficient (Wildman–Crippen LogP) is 1.68. The summed E-state index contributed by atoms with van der Waals surface area (Å²) >= 11 is 0. The van der Waals surface area contributed by atoms with Crippen LogP contribution < -0.4 is 10.2 Å². The van der Waals surface area contributed by atoms with E-state index < -0.39 is 0 Å². The summed E-state index contributed by atoms with van der Waals surface area (Å²) in [6, 6.07) is 10.7. The first-order chi connectivity index (χ1) is 13.2. The summed E-state index contributed by atoms with van der Waals surface area (Å²) in [5.74, 6) is 0.987. The Bertz CT molecular complexity index is 703. The summed E-state index contributed by atoms with van der Waals surface area (Å²) in [5, 5.41) is 7.50. The molecule has 0 unspecified atom stereocenters. The number of aliphatic imine (C=N–C) groups is 1. The zero-order valence-corrected chi connectivity index (χ0v) is 16.6. The molecule has 1 saturated heterocycles. The summed E-state index contributed by atoms with van der Waals surface area (Å²) in [4.78, 5) is 11.3. The van der Waals surface area contributed by atoms with E-state index in [1.165, 1.54) is 11.3 Å². The Morgan fingerprint density at radius 3 is 2.48 bits per heavy atom. The highest BCUT2D eigenvalue weighted by Gasteiger charge is 2.20. The quantitative estimate of drug-likeness (QED) is 0.617. The fourth-order valence-corrected chi connectivity index (χ4v) is 3.28. The van der Waals surface area contributed by atoms with Crippen LogP contribution in [0.2, 0.25) is 0 Å². The van der Waals surface area contributed by atoms with Gasteiger partial charge in [-0.2, -0.15) is 0 Å². The second-order valence-electron chi connectivity index (χ2n) is 7.04. The number of hydrogen-bond donors (Lipinski definition) is 1. The molecule has 1 aromatic heterocycles. The van der Waals surface area contributed by atoms with Crippen LogP contribution in [0.15, 0.2) is 46.1 Å². The first-order valence-corrected chi connectivity index (χ1v) is 9.49. The fraction of sp³-hybridized carbons (Fsp3) is 0.500. The SMILES string of the molecule is CN=C(NCCc1ccc(N(C)C)cc1)N1CCN(Cc2ccon2)CC1. The number of hydrogen-bond acceptors (Lipinski definition) is 5. The van der Waals surface area contributed by atoms with Gasteiger partial charge in [-0.3, -0.25) is 9.89 Å². The van der Waals surface area contributed by atoms with E-state index in [1.807, 2.05) is 13.1 Å². The first-order valence-electron chi connectivity index (χ1n) is 9.49. The molecular weight excluding hydrogens is 340 g/mol. The van der Waals surface area contributed by atoms with Gasteiger partial charge >= 0.3 is 0 Å². The van der Waals surface area contributed by atoms with E-state index in [-0.39, 0.29) is 0 Å². The number of nitrogens with one attached hydrogen (secondary N) is 1. The Morgan fingerprint density at radius 1 is 1.15 bits per heavy atom. The molecule has 1 aliphatic rings. The van der Waals surface area contributed by atoms with Gasteiger partial charge in [-0.05, 0) is 24.1 Å². The average molecular weight is 371 g/mol. The third-order valence-corrected chi connectivity index (χ3v) is 4.91. The smallest absolute Gasteiger partial charge is 0.193 e. The van der Waals surface area contributed by atoms with E-state index in [2.05, 4.69) is 68.5 Å². The molecule has 7 heteroatoms. The lowest BCUT2D eigenvalue weighted by Gasteiger charge is -2.36. The van der Waals surface area contributed by atoms with Crippen molar-refractivity contribution >= 4 is 11.6 Å². The summed E-state index contributed by atoms with van der Waals surface area (Å²) in [5.41, 5.74) is 3.55. The van der Waals surface area contributed by atoms with E-state index in [0.29, 0.717) is 0 Å². The van der Waals surface area contributed by atoms with Crippen LogP contribution in [0.1, 0.15) is 11.3 Å². The van der Waals surface area contributed by atoms with Crippen molar-refractivity contribution in [2.24, 2.45) is 4.99 Å². The standard InChI is InChI=1S/C20H30N6O/c1-21-20(22-10-8-17-4-6-19(7-5-17)24(2)3)26-13-11-25(12-14-26)16-18-9-15-27-23-18/h4-7,9,15H,8,10-14,16H2,1-3H3,(H,21,22). The molecule has 3 rings (SSSR count). The van der Waals surface area contributed by atoms with Crippen LogP contribution >= 0.6 is 0 Å². The number of piperazine rings is 1. The topological polar surface area (TPSA) is 60.1 Å². The molecular formula is C20H30N6O. The molecule has 0 aliphatic carbocycles. The van der Waals surface area contributed by atoms with E-state index in [1.54, 1.807) is 6.26 Å². The maximum absolute atomic E-state index is 4.91. The molecule has 0 radical (unpaired) electrons. The van der Waals surface area contributed by atoms with Gasteiger partial charge in [0.15, 0.2) is 5.96 Å². The van der Waals surface area contributed by atoms with Gasteiger partial charge < -0.3 is 19.6 Å². The highest BCUT2D eigenvalue weighted by atomic mass is 16.5. The van der Waals surface area contributed by atoms with Crippen molar-refractivity contribution in [3.8, 4) is 0 Å². The number of anilines is 1. The summed E-state index contributed by atoms with van der Waals surface area (Å²) in [6.07, 6.45) is 2.62. The highest BCUT2D eigenvalue weighted by Crippen LogP contribution is 2.12. The first kappa shape index (κ1) is 19.2. The molecule has 1 aromatic carbocycles. The third-order valence-electron chi connectivity index (χ3n) is 4.91. The van der Waals surface area contributed by atoms with Gasteiger partial charge in [0, 0.05) is 72.2 Å². The number of benzene rings is 1. The van der Waals surface area contributed by atoms with E-state index in [9.17, 15) is 0 Å². The van der Waals surface area contributed by atoms with Crippen molar-refractivity contribution in [3.05, 3.63) is 47.9 Å². The van der Waals surface area contributed by atoms with Gasteiger partial charge in [0.2, 0.25) is 0 Å². The number of rotatable bonds is 6. The van der Waals surface area contributed by atoms with Crippen molar-refractivity contribution in [1.29, 1.82) is 0 Å². The van der Waals surface area contributed by atoms with Crippen molar-refractivity contribution < 1.29 is 4.52 Å². The van der Waals surface area contributed by atoms with Crippen molar-refractivity contribution in [1.82, 2.24) is 20.3 Å². The Labute approximate surface area is 161 Å². The number of nitrogens with zero attached hydrogens (tertiary/aromatic N) is 5. The van der Waals surface area contributed by atoms with Crippen molar-refractivity contribution in [3.63, 3.8) is 0 Å². The number of guanidine groups is 1. The van der Waals surface area contributed by atoms with Crippen LogP contribution in [0, 0.1) is 0 Å². The van der Waals surface area contributed by atoms with Crippen LogP contribution in [-0.4, -0.2) is 74.8 Å². The van der Waals surface area contributed by atoms with Gasteiger partial charge in [-0.25, -0.2) is 0 Å². The monoisotopic (exact) mass is 370 g/mol. The molecule has 146 valence electrons. The largest absolute Gasteiger partial charge is 0.378 e. The van der Waals surface area contributed by atoms with Crippen molar-refractivity contribution in [2.45, 2.75) is 13.0 Å². The van der Waals surface area contributed by atoms with Crippen LogP contribution in [0.25, 0.3) is 0 Å². The minimum Gasteiger partial charge on any atom is -0.378 e. The van der Waals surface area contributed by atoms with Gasteiger partial charge in [0.25, 0.3) is 0 Å². The zero-order chi connectivity index (χ0) is 19.1. The van der Waals surface area contributed by atoms with Gasteiger partial charge in [-0.1, -0.05) is 17.3 Å². The van der Waals surface area contributed by atoms with Crippen LogP contribution in [0.4, 0.5) is 5.69 Å². The second-order valence-corrected chi connectivity index (χ2v) is 7.04. The summed E-state index contributed by atoms with van der Waals surface area (Å²) in [7, 11) is 5.98. The Balaban J connectivity index is 1.41. The Kier molecular flexibility index (Phi) is 6.70. The lowest BCUT2D eigenvalue weighted by atomic mass is 10.1. The summed E-state index contributed by atoms with van der Waals surface area (Å²) < 4.78 is 4.91. The van der Waals surface area contributed by atoms with E-state index >= 15 is 0 Å². The zero-order valence-electron chi connectivity index (χ0n) is 16.6. The Hall–Kier alpha value is -2.54. The van der Waals surface area contributed by atoms with Gasteiger partial charge in [-0.15, -0.1) is 0 Å².